The maximum Gasteiger partial charge on any atom is 0.337 e. The number of halogens is 1. The second kappa shape index (κ2) is 9.05. The molecular weight excluding hydrogens is 362 g/mol. The lowest BCUT2D eigenvalue weighted by Gasteiger charge is -2.14. The molecule has 1 aromatic heterocycles. The van der Waals surface area contributed by atoms with E-state index >= 15 is 0 Å². The summed E-state index contributed by atoms with van der Waals surface area (Å²) in [6.07, 6.45) is 0. The molecule has 1 unspecified atom stereocenters. The zero-order valence-electron chi connectivity index (χ0n) is 14.7. The summed E-state index contributed by atoms with van der Waals surface area (Å²) in [5, 5.41) is 8.11. The van der Waals surface area contributed by atoms with Gasteiger partial charge in [0.2, 0.25) is 0 Å². The van der Waals surface area contributed by atoms with Crippen molar-refractivity contribution in [3.63, 3.8) is 0 Å². The molecular formula is C21H18ClN3O2. The number of esters is 1. The fraction of sp³-hybridized carbons (Fsp3) is 0.143. The zero-order chi connectivity index (χ0) is 19.1. The average Bonchev–Trinajstić information content (AvgIpc) is 2.71. The molecule has 0 aliphatic carbocycles. The topological polar surface area (TPSA) is 64.4 Å². The van der Waals surface area contributed by atoms with Crippen molar-refractivity contribution in [1.82, 2.24) is 10.2 Å². The van der Waals surface area contributed by atoms with Gasteiger partial charge >= 0.3 is 5.97 Å². The third-order valence-corrected chi connectivity index (χ3v) is 4.00. The summed E-state index contributed by atoms with van der Waals surface area (Å²) in [6, 6.07) is 21.6. The number of benzene rings is 2. The van der Waals surface area contributed by atoms with Gasteiger partial charge in [0.1, 0.15) is 0 Å². The molecule has 0 aliphatic rings. The Morgan fingerprint density at radius 3 is 2.04 bits per heavy atom. The molecule has 0 N–H and O–H groups in total. The first kappa shape index (κ1) is 18.7. The van der Waals surface area contributed by atoms with Gasteiger partial charge in [-0.25, -0.2) is 4.79 Å². The number of hydrogen-bond donors (Lipinski definition) is 0. The Kier molecular flexibility index (Phi) is 6.28. The van der Waals surface area contributed by atoms with Gasteiger partial charge < -0.3 is 4.74 Å². The largest absolute Gasteiger partial charge is 0.464 e. The molecule has 0 saturated carbocycles. The van der Waals surface area contributed by atoms with Gasteiger partial charge in [-0.05, 0) is 19.1 Å². The van der Waals surface area contributed by atoms with Crippen LogP contribution in [0.3, 0.4) is 0 Å². The van der Waals surface area contributed by atoms with Crippen molar-refractivity contribution in [2.45, 2.75) is 13.0 Å². The predicted molar refractivity (Wildman–Crippen MR) is 105 cm³/mol. The van der Waals surface area contributed by atoms with Gasteiger partial charge in [0.05, 0.1) is 18.0 Å². The SMILES string of the molecule is CCOC(=O)C(N=C(c1ccccc1)c1ccccc1)c1ccc(Cl)nn1. The molecule has 0 bridgehead atoms. The maximum absolute atomic E-state index is 12.6. The minimum Gasteiger partial charge on any atom is -0.464 e. The molecule has 0 radical (unpaired) electrons. The van der Waals surface area contributed by atoms with Crippen LogP contribution in [0, 0.1) is 0 Å². The lowest BCUT2D eigenvalue weighted by Crippen LogP contribution is -2.18. The molecule has 1 atom stereocenters. The molecule has 27 heavy (non-hydrogen) atoms. The number of hydrogen-bond acceptors (Lipinski definition) is 5. The lowest BCUT2D eigenvalue weighted by atomic mass is 10.0. The minimum absolute atomic E-state index is 0.247. The highest BCUT2D eigenvalue weighted by atomic mass is 35.5. The van der Waals surface area contributed by atoms with Crippen molar-refractivity contribution < 1.29 is 9.53 Å². The standard InChI is InChI=1S/C21H18ClN3O2/c1-2-27-21(26)20(17-13-14-18(22)25-24-17)23-19(15-9-5-3-6-10-15)16-11-7-4-8-12-16/h3-14,20H,2H2,1H3. The minimum atomic E-state index is -0.940. The fourth-order valence-corrected chi connectivity index (χ4v) is 2.67. The molecule has 3 rings (SSSR count). The number of nitrogens with zero attached hydrogens (tertiary/aromatic N) is 3. The molecule has 0 saturated heterocycles. The summed E-state index contributed by atoms with van der Waals surface area (Å²) in [7, 11) is 0. The Hall–Kier alpha value is -3.05. The van der Waals surface area contributed by atoms with Gasteiger partial charge in [0, 0.05) is 11.1 Å². The number of carbonyl (C=O) groups excluding carboxylic acids is 1. The number of aromatic nitrogens is 2. The molecule has 6 heteroatoms. The normalized spacial score (nSPS) is 11.5. The summed E-state index contributed by atoms with van der Waals surface area (Å²) in [5.41, 5.74) is 2.83. The van der Waals surface area contributed by atoms with E-state index in [9.17, 15) is 4.79 Å². The molecule has 0 fully saturated rings. The van der Waals surface area contributed by atoms with Gasteiger partial charge in [0.25, 0.3) is 0 Å². The van der Waals surface area contributed by atoms with Gasteiger partial charge in [-0.15, -0.1) is 5.10 Å². The summed E-state index contributed by atoms with van der Waals surface area (Å²) in [6.45, 7) is 2.00. The van der Waals surface area contributed by atoms with Crippen molar-refractivity contribution in [1.29, 1.82) is 0 Å². The summed E-state index contributed by atoms with van der Waals surface area (Å²) < 4.78 is 5.21. The molecule has 0 amide bonds. The van der Waals surface area contributed by atoms with E-state index in [0.717, 1.165) is 11.1 Å². The molecule has 136 valence electrons. The maximum atomic E-state index is 12.6. The fourth-order valence-electron chi connectivity index (χ4n) is 2.57. The van der Waals surface area contributed by atoms with Crippen LogP contribution in [0.4, 0.5) is 0 Å². The zero-order valence-corrected chi connectivity index (χ0v) is 15.5. The summed E-state index contributed by atoms with van der Waals surface area (Å²) >= 11 is 5.83. The van der Waals surface area contributed by atoms with Gasteiger partial charge in [-0.2, -0.15) is 5.10 Å². The first-order chi connectivity index (χ1) is 13.2. The van der Waals surface area contributed by atoms with Crippen molar-refractivity contribution in [2.24, 2.45) is 4.99 Å². The van der Waals surface area contributed by atoms with Crippen LogP contribution in [-0.4, -0.2) is 28.5 Å². The Labute approximate surface area is 162 Å². The van der Waals surface area contributed by atoms with Crippen LogP contribution in [-0.2, 0) is 9.53 Å². The number of carbonyl (C=O) groups is 1. The second-order valence-electron chi connectivity index (χ2n) is 5.65. The smallest absolute Gasteiger partial charge is 0.337 e. The second-order valence-corrected chi connectivity index (χ2v) is 6.03. The molecule has 1 heterocycles. The van der Waals surface area contributed by atoms with E-state index in [0.29, 0.717) is 11.4 Å². The van der Waals surface area contributed by atoms with E-state index in [1.807, 2.05) is 60.7 Å². The van der Waals surface area contributed by atoms with Crippen LogP contribution in [0.1, 0.15) is 29.8 Å². The molecule has 0 aliphatic heterocycles. The van der Waals surface area contributed by atoms with E-state index in [-0.39, 0.29) is 11.8 Å². The molecule has 5 nitrogen and oxygen atoms in total. The van der Waals surface area contributed by atoms with Crippen LogP contribution < -0.4 is 0 Å². The number of ether oxygens (including phenoxy) is 1. The van der Waals surface area contributed by atoms with Crippen LogP contribution in [0.15, 0.2) is 77.8 Å². The van der Waals surface area contributed by atoms with Crippen LogP contribution in [0.5, 0.6) is 0 Å². The van der Waals surface area contributed by atoms with Crippen LogP contribution in [0.2, 0.25) is 5.15 Å². The van der Waals surface area contributed by atoms with Gasteiger partial charge in [-0.3, -0.25) is 4.99 Å². The van der Waals surface area contributed by atoms with Crippen LogP contribution in [0.25, 0.3) is 0 Å². The van der Waals surface area contributed by atoms with Crippen LogP contribution >= 0.6 is 11.6 Å². The van der Waals surface area contributed by atoms with E-state index in [2.05, 4.69) is 10.2 Å². The molecule has 0 spiro atoms. The Morgan fingerprint density at radius 2 is 1.56 bits per heavy atom. The predicted octanol–water partition coefficient (Wildman–Crippen LogP) is 4.27. The third-order valence-electron chi connectivity index (χ3n) is 3.80. The first-order valence-corrected chi connectivity index (χ1v) is 8.91. The molecule has 2 aromatic carbocycles. The highest BCUT2D eigenvalue weighted by molar-refractivity contribution is 6.29. The monoisotopic (exact) mass is 379 g/mol. The Morgan fingerprint density at radius 1 is 0.963 bits per heavy atom. The quantitative estimate of drug-likeness (QED) is 0.474. The van der Waals surface area contributed by atoms with E-state index in [1.54, 1.807) is 19.1 Å². The average molecular weight is 380 g/mol. The van der Waals surface area contributed by atoms with Crippen molar-refractivity contribution in [2.75, 3.05) is 6.61 Å². The van der Waals surface area contributed by atoms with E-state index in [1.165, 1.54) is 0 Å². The Balaban J connectivity index is 2.13. The number of aliphatic imine (C=N–C) groups is 1. The van der Waals surface area contributed by atoms with E-state index < -0.39 is 12.0 Å². The van der Waals surface area contributed by atoms with Crippen molar-refractivity contribution in [3.8, 4) is 0 Å². The highest BCUT2D eigenvalue weighted by Gasteiger charge is 2.25. The van der Waals surface area contributed by atoms with Gasteiger partial charge in [-0.1, -0.05) is 72.3 Å². The van der Waals surface area contributed by atoms with Crippen molar-refractivity contribution >= 4 is 23.3 Å². The first-order valence-electron chi connectivity index (χ1n) is 8.53. The third kappa shape index (κ3) is 4.77. The molecule has 3 aromatic rings. The number of rotatable bonds is 6. The summed E-state index contributed by atoms with van der Waals surface area (Å²) in [5.74, 6) is -0.488. The summed E-state index contributed by atoms with van der Waals surface area (Å²) in [4.78, 5) is 17.3. The van der Waals surface area contributed by atoms with Crippen molar-refractivity contribution in [3.05, 3.63) is 94.8 Å². The van der Waals surface area contributed by atoms with E-state index in [4.69, 9.17) is 21.3 Å². The highest BCUT2D eigenvalue weighted by Crippen LogP contribution is 2.22. The lowest BCUT2D eigenvalue weighted by molar-refractivity contribution is -0.144. The van der Waals surface area contributed by atoms with Gasteiger partial charge in [0.15, 0.2) is 11.2 Å². The Bertz CT molecular complexity index is 872.